The summed E-state index contributed by atoms with van der Waals surface area (Å²) < 4.78 is 7.48. The van der Waals surface area contributed by atoms with E-state index in [1.54, 1.807) is 11.3 Å². The molecule has 1 N–H and O–H groups in total. The lowest BCUT2D eigenvalue weighted by molar-refractivity contribution is 0.350. The fourth-order valence-corrected chi connectivity index (χ4v) is 3.59. The van der Waals surface area contributed by atoms with E-state index in [4.69, 9.17) is 4.52 Å². The van der Waals surface area contributed by atoms with Crippen LogP contribution < -0.4 is 5.32 Å². The maximum atomic E-state index is 5.43. The van der Waals surface area contributed by atoms with Crippen molar-refractivity contribution in [2.45, 2.75) is 51.7 Å². The molecule has 3 aromatic rings. The SMILES string of the molecule is CC(C)c1nc2n(n1)C[C@@H](NCc1cc(-c3cccs3)on1)CC2. The van der Waals surface area contributed by atoms with Crippen LogP contribution in [0.1, 0.15) is 43.5 Å². The zero-order chi connectivity index (χ0) is 16.5. The van der Waals surface area contributed by atoms with Gasteiger partial charge in [-0.3, -0.25) is 0 Å². The number of nitrogens with one attached hydrogen (secondary N) is 1. The summed E-state index contributed by atoms with van der Waals surface area (Å²) >= 11 is 1.66. The van der Waals surface area contributed by atoms with Gasteiger partial charge in [-0.05, 0) is 17.9 Å². The number of aromatic nitrogens is 4. The van der Waals surface area contributed by atoms with Crippen LogP contribution in [0, 0.1) is 0 Å². The maximum Gasteiger partial charge on any atom is 0.177 e. The Morgan fingerprint density at radius 2 is 2.38 bits per heavy atom. The number of aryl methyl sites for hydroxylation is 1. The van der Waals surface area contributed by atoms with Crippen LogP contribution in [0.3, 0.4) is 0 Å². The van der Waals surface area contributed by atoms with Crippen LogP contribution in [-0.4, -0.2) is 26.0 Å². The summed E-state index contributed by atoms with van der Waals surface area (Å²) in [7, 11) is 0. The highest BCUT2D eigenvalue weighted by Gasteiger charge is 2.22. The first-order valence-electron chi connectivity index (χ1n) is 8.35. The highest BCUT2D eigenvalue weighted by molar-refractivity contribution is 7.13. The first-order chi connectivity index (χ1) is 11.7. The third-order valence-electron chi connectivity index (χ3n) is 4.29. The molecule has 4 rings (SSSR count). The van der Waals surface area contributed by atoms with Crippen LogP contribution in [0.5, 0.6) is 0 Å². The number of hydrogen-bond donors (Lipinski definition) is 1. The minimum absolute atomic E-state index is 0.375. The van der Waals surface area contributed by atoms with Crippen LogP contribution in [-0.2, 0) is 19.5 Å². The molecule has 0 radical (unpaired) electrons. The molecular weight excluding hydrogens is 322 g/mol. The average molecular weight is 343 g/mol. The Hall–Kier alpha value is -1.99. The van der Waals surface area contributed by atoms with Crippen LogP contribution >= 0.6 is 11.3 Å². The van der Waals surface area contributed by atoms with Gasteiger partial charge in [-0.25, -0.2) is 9.67 Å². The molecule has 126 valence electrons. The zero-order valence-corrected chi connectivity index (χ0v) is 14.7. The van der Waals surface area contributed by atoms with E-state index in [9.17, 15) is 0 Å². The van der Waals surface area contributed by atoms with Gasteiger partial charge >= 0.3 is 0 Å². The maximum absolute atomic E-state index is 5.43. The standard InChI is InChI=1S/C17H21N5OS/c1-11(2)17-19-16-6-5-12(10-22(16)20-17)18-9-13-8-14(23-21-13)15-4-3-7-24-15/h3-4,7-8,11-12,18H,5-6,9-10H2,1-2H3/t12-/m0/s1. The zero-order valence-electron chi connectivity index (χ0n) is 13.9. The molecule has 0 aliphatic carbocycles. The summed E-state index contributed by atoms with van der Waals surface area (Å²) in [6, 6.07) is 6.46. The summed E-state index contributed by atoms with van der Waals surface area (Å²) in [6.07, 6.45) is 2.04. The molecule has 3 aromatic heterocycles. The molecule has 0 amide bonds. The Labute approximate surface area is 144 Å². The Balaban J connectivity index is 1.37. The molecule has 0 fully saturated rings. The van der Waals surface area contributed by atoms with Gasteiger partial charge in [0.05, 0.1) is 17.1 Å². The molecule has 24 heavy (non-hydrogen) atoms. The van der Waals surface area contributed by atoms with Crippen molar-refractivity contribution in [3.8, 4) is 10.6 Å². The van der Waals surface area contributed by atoms with Crippen molar-refractivity contribution in [1.82, 2.24) is 25.2 Å². The van der Waals surface area contributed by atoms with Gasteiger partial charge in [0, 0.05) is 31.0 Å². The van der Waals surface area contributed by atoms with Gasteiger partial charge in [-0.2, -0.15) is 5.10 Å². The van der Waals surface area contributed by atoms with E-state index in [1.807, 2.05) is 23.6 Å². The highest BCUT2D eigenvalue weighted by atomic mass is 32.1. The molecule has 0 aromatic carbocycles. The van der Waals surface area contributed by atoms with Crippen LogP contribution in [0.2, 0.25) is 0 Å². The molecule has 0 saturated heterocycles. The number of nitrogens with zero attached hydrogens (tertiary/aromatic N) is 4. The third-order valence-corrected chi connectivity index (χ3v) is 5.17. The fraction of sp³-hybridized carbons (Fsp3) is 0.471. The molecule has 1 aliphatic heterocycles. The minimum Gasteiger partial charge on any atom is -0.355 e. The minimum atomic E-state index is 0.375. The number of hydrogen-bond acceptors (Lipinski definition) is 6. The van der Waals surface area contributed by atoms with E-state index >= 15 is 0 Å². The molecule has 7 heteroatoms. The topological polar surface area (TPSA) is 68.8 Å². The van der Waals surface area contributed by atoms with E-state index in [0.717, 1.165) is 47.4 Å². The summed E-state index contributed by atoms with van der Waals surface area (Å²) in [5.74, 6) is 3.27. The molecule has 1 atom stereocenters. The highest BCUT2D eigenvalue weighted by Crippen LogP contribution is 2.25. The van der Waals surface area contributed by atoms with Crippen molar-refractivity contribution < 1.29 is 4.52 Å². The first-order valence-corrected chi connectivity index (χ1v) is 9.23. The van der Waals surface area contributed by atoms with Crippen LogP contribution in [0.15, 0.2) is 28.1 Å². The number of thiophene rings is 1. The van der Waals surface area contributed by atoms with E-state index in [1.165, 1.54) is 0 Å². The van der Waals surface area contributed by atoms with Crippen LogP contribution in [0.4, 0.5) is 0 Å². The quantitative estimate of drug-likeness (QED) is 0.770. The molecule has 1 aliphatic rings. The lowest BCUT2D eigenvalue weighted by atomic mass is 10.1. The summed E-state index contributed by atoms with van der Waals surface area (Å²) in [6.45, 7) is 5.84. The molecule has 4 heterocycles. The average Bonchev–Trinajstić information content (AvgIpc) is 3.30. The Morgan fingerprint density at radius 3 is 3.17 bits per heavy atom. The molecule has 0 unspecified atom stereocenters. The Morgan fingerprint density at radius 1 is 1.46 bits per heavy atom. The second-order valence-electron chi connectivity index (χ2n) is 6.50. The van der Waals surface area contributed by atoms with Crippen molar-refractivity contribution in [2.75, 3.05) is 0 Å². The fourth-order valence-electron chi connectivity index (χ4n) is 2.92. The third kappa shape index (κ3) is 3.14. The molecule has 0 spiro atoms. The Kier molecular flexibility index (Phi) is 4.20. The lowest BCUT2D eigenvalue weighted by Gasteiger charge is -2.23. The van der Waals surface area contributed by atoms with Gasteiger partial charge in [-0.1, -0.05) is 25.1 Å². The number of fused-ring (bicyclic) bond motifs is 1. The van der Waals surface area contributed by atoms with Gasteiger partial charge in [0.2, 0.25) is 0 Å². The lowest BCUT2D eigenvalue weighted by Crippen LogP contribution is -2.37. The second-order valence-corrected chi connectivity index (χ2v) is 7.45. The van der Waals surface area contributed by atoms with Gasteiger partial charge < -0.3 is 9.84 Å². The Bertz CT molecular complexity index is 805. The molecule has 6 nitrogen and oxygen atoms in total. The van der Waals surface area contributed by atoms with E-state index < -0.39 is 0 Å². The van der Waals surface area contributed by atoms with E-state index in [-0.39, 0.29) is 0 Å². The van der Waals surface area contributed by atoms with Gasteiger partial charge in [0.15, 0.2) is 11.6 Å². The van der Waals surface area contributed by atoms with Crippen molar-refractivity contribution >= 4 is 11.3 Å². The predicted octanol–water partition coefficient (Wildman–Crippen LogP) is 3.22. The van der Waals surface area contributed by atoms with Gasteiger partial charge in [0.25, 0.3) is 0 Å². The largest absolute Gasteiger partial charge is 0.355 e. The monoisotopic (exact) mass is 343 g/mol. The van der Waals surface area contributed by atoms with Crippen molar-refractivity contribution in [3.63, 3.8) is 0 Å². The molecule has 0 saturated carbocycles. The number of rotatable bonds is 5. The van der Waals surface area contributed by atoms with Gasteiger partial charge in [-0.15, -0.1) is 11.3 Å². The first kappa shape index (κ1) is 15.5. The van der Waals surface area contributed by atoms with Crippen molar-refractivity contribution in [3.05, 3.63) is 40.9 Å². The second kappa shape index (κ2) is 6.49. The summed E-state index contributed by atoms with van der Waals surface area (Å²) in [5, 5.41) is 14.4. The smallest absolute Gasteiger partial charge is 0.177 e. The normalized spacial score (nSPS) is 17.4. The van der Waals surface area contributed by atoms with Crippen LogP contribution in [0.25, 0.3) is 10.6 Å². The van der Waals surface area contributed by atoms with Gasteiger partial charge in [0.1, 0.15) is 5.82 Å². The van der Waals surface area contributed by atoms with Crippen molar-refractivity contribution in [2.24, 2.45) is 0 Å². The van der Waals surface area contributed by atoms with E-state index in [0.29, 0.717) is 18.5 Å². The summed E-state index contributed by atoms with van der Waals surface area (Å²) in [4.78, 5) is 5.74. The van der Waals surface area contributed by atoms with Crippen molar-refractivity contribution in [1.29, 1.82) is 0 Å². The van der Waals surface area contributed by atoms with E-state index in [2.05, 4.69) is 39.1 Å². The molecular formula is C17H21N5OS. The molecule has 0 bridgehead atoms. The summed E-state index contributed by atoms with van der Waals surface area (Å²) in [5.41, 5.74) is 0.936. The predicted molar refractivity (Wildman–Crippen MR) is 92.9 cm³/mol.